The molecule has 0 amide bonds. The Morgan fingerprint density at radius 2 is 1.71 bits per heavy atom. The number of ether oxygens (including phenoxy) is 1. The lowest BCUT2D eigenvalue weighted by molar-refractivity contribution is 0.202. The lowest BCUT2D eigenvalue weighted by atomic mass is 10.0. The molecule has 0 saturated carbocycles. The van der Waals surface area contributed by atoms with Gasteiger partial charge in [0.2, 0.25) is 0 Å². The van der Waals surface area contributed by atoms with Crippen LogP contribution in [-0.2, 0) is 6.54 Å². The SMILES string of the molecule is COc1ccc(N2CCN(CCN(C)Cc3cc(-c4cccc5ccccc45)no3)CC2)cc1. The molecular weight excluding hydrogens is 424 g/mol. The summed E-state index contributed by atoms with van der Waals surface area (Å²) in [5.74, 6) is 1.80. The van der Waals surface area contributed by atoms with Gasteiger partial charge < -0.3 is 14.2 Å². The van der Waals surface area contributed by atoms with Gasteiger partial charge in [-0.3, -0.25) is 9.80 Å². The fraction of sp³-hybridized carbons (Fsp3) is 0.321. The van der Waals surface area contributed by atoms with E-state index < -0.39 is 0 Å². The average Bonchev–Trinajstić information content (AvgIpc) is 3.35. The predicted octanol–water partition coefficient (Wildman–Crippen LogP) is 4.76. The topological polar surface area (TPSA) is 45.0 Å². The molecule has 6 heteroatoms. The third kappa shape index (κ3) is 5.08. The van der Waals surface area contributed by atoms with Crippen molar-refractivity contribution in [2.45, 2.75) is 6.54 Å². The Morgan fingerprint density at radius 3 is 2.50 bits per heavy atom. The van der Waals surface area contributed by atoms with Crippen LogP contribution in [0.4, 0.5) is 5.69 Å². The molecule has 2 heterocycles. The molecule has 1 fully saturated rings. The summed E-state index contributed by atoms with van der Waals surface area (Å²) >= 11 is 0. The Labute approximate surface area is 201 Å². The van der Waals surface area contributed by atoms with E-state index in [0.717, 1.165) is 68.6 Å². The van der Waals surface area contributed by atoms with Crippen LogP contribution < -0.4 is 9.64 Å². The van der Waals surface area contributed by atoms with Crippen molar-refractivity contribution in [2.24, 2.45) is 0 Å². The summed E-state index contributed by atoms with van der Waals surface area (Å²) in [6, 6.07) is 25.1. The molecule has 4 aromatic rings. The van der Waals surface area contributed by atoms with Gasteiger partial charge >= 0.3 is 0 Å². The summed E-state index contributed by atoms with van der Waals surface area (Å²) in [7, 11) is 3.85. The standard InChI is InChI=1S/C28H32N4O2/c1-30(14-15-31-16-18-32(19-17-31)23-10-12-24(33-2)13-11-23)21-25-20-28(29-34-25)27-9-5-7-22-6-3-4-8-26(22)27/h3-13,20H,14-19,21H2,1-2H3. The van der Waals surface area contributed by atoms with E-state index in [1.54, 1.807) is 7.11 Å². The maximum atomic E-state index is 5.69. The van der Waals surface area contributed by atoms with Gasteiger partial charge in [0.15, 0.2) is 5.76 Å². The van der Waals surface area contributed by atoms with Gasteiger partial charge in [0.25, 0.3) is 0 Å². The van der Waals surface area contributed by atoms with Gasteiger partial charge in [-0.15, -0.1) is 0 Å². The number of hydrogen-bond acceptors (Lipinski definition) is 6. The number of piperazine rings is 1. The molecule has 0 N–H and O–H groups in total. The van der Waals surface area contributed by atoms with Crippen LogP contribution in [0.2, 0.25) is 0 Å². The van der Waals surface area contributed by atoms with E-state index in [9.17, 15) is 0 Å². The molecule has 6 nitrogen and oxygen atoms in total. The highest BCUT2D eigenvalue weighted by Crippen LogP contribution is 2.28. The molecule has 0 aliphatic carbocycles. The smallest absolute Gasteiger partial charge is 0.151 e. The Bertz CT molecular complexity index is 1210. The minimum absolute atomic E-state index is 0.754. The summed E-state index contributed by atoms with van der Waals surface area (Å²) in [4.78, 5) is 7.30. The first-order valence-corrected chi connectivity index (χ1v) is 11.9. The number of fused-ring (bicyclic) bond motifs is 1. The molecule has 0 bridgehead atoms. The molecule has 0 atom stereocenters. The molecule has 34 heavy (non-hydrogen) atoms. The molecule has 176 valence electrons. The van der Waals surface area contributed by atoms with Crippen molar-refractivity contribution in [1.29, 1.82) is 0 Å². The summed E-state index contributed by atoms with van der Waals surface area (Å²) in [6.07, 6.45) is 0. The zero-order chi connectivity index (χ0) is 23.3. The minimum atomic E-state index is 0.754. The van der Waals surface area contributed by atoms with Gasteiger partial charge in [0.1, 0.15) is 11.4 Å². The zero-order valence-electron chi connectivity index (χ0n) is 20.0. The van der Waals surface area contributed by atoms with Crippen LogP contribution in [0.25, 0.3) is 22.0 Å². The lowest BCUT2D eigenvalue weighted by Gasteiger charge is -2.36. The molecule has 0 radical (unpaired) electrons. The number of aromatic nitrogens is 1. The summed E-state index contributed by atoms with van der Waals surface area (Å²) < 4.78 is 11.0. The number of rotatable bonds is 8. The van der Waals surface area contributed by atoms with Gasteiger partial charge in [-0.2, -0.15) is 0 Å². The quantitative estimate of drug-likeness (QED) is 0.381. The molecule has 0 spiro atoms. The van der Waals surface area contributed by atoms with Gasteiger partial charge in [-0.25, -0.2) is 0 Å². The second-order valence-electron chi connectivity index (χ2n) is 8.97. The van der Waals surface area contributed by atoms with E-state index in [4.69, 9.17) is 9.26 Å². The van der Waals surface area contributed by atoms with Crippen LogP contribution in [0.3, 0.4) is 0 Å². The van der Waals surface area contributed by atoms with Crippen molar-refractivity contribution in [3.63, 3.8) is 0 Å². The van der Waals surface area contributed by atoms with Crippen molar-refractivity contribution < 1.29 is 9.26 Å². The van der Waals surface area contributed by atoms with Gasteiger partial charge in [-0.1, -0.05) is 47.6 Å². The Morgan fingerprint density at radius 1 is 0.941 bits per heavy atom. The largest absolute Gasteiger partial charge is 0.497 e. The van der Waals surface area contributed by atoms with Gasteiger partial charge in [-0.05, 0) is 42.1 Å². The molecule has 1 aliphatic heterocycles. The third-order valence-electron chi connectivity index (χ3n) is 6.66. The van der Waals surface area contributed by atoms with Crippen LogP contribution >= 0.6 is 0 Å². The Kier molecular flexibility index (Phi) is 6.79. The maximum Gasteiger partial charge on any atom is 0.151 e. The normalized spacial score (nSPS) is 14.7. The fourth-order valence-electron chi connectivity index (χ4n) is 4.64. The van der Waals surface area contributed by atoms with E-state index in [1.165, 1.54) is 16.5 Å². The number of methoxy groups -OCH3 is 1. The van der Waals surface area contributed by atoms with Crippen molar-refractivity contribution in [2.75, 3.05) is 58.3 Å². The second-order valence-corrected chi connectivity index (χ2v) is 8.97. The van der Waals surface area contributed by atoms with Crippen molar-refractivity contribution >= 4 is 16.5 Å². The van der Waals surface area contributed by atoms with E-state index >= 15 is 0 Å². The van der Waals surface area contributed by atoms with Crippen LogP contribution in [0.15, 0.2) is 77.3 Å². The summed E-state index contributed by atoms with van der Waals surface area (Å²) in [6.45, 7) is 7.05. The summed E-state index contributed by atoms with van der Waals surface area (Å²) in [5, 5.41) is 6.78. The Balaban J connectivity index is 1.11. The van der Waals surface area contributed by atoms with Crippen LogP contribution in [0.1, 0.15) is 5.76 Å². The molecule has 5 rings (SSSR count). The highest BCUT2D eigenvalue weighted by molar-refractivity contribution is 5.95. The lowest BCUT2D eigenvalue weighted by Crippen LogP contribution is -2.48. The monoisotopic (exact) mass is 456 g/mol. The van der Waals surface area contributed by atoms with Crippen LogP contribution in [-0.4, -0.2) is 68.4 Å². The van der Waals surface area contributed by atoms with E-state index in [1.807, 2.05) is 12.1 Å². The Hall–Kier alpha value is -3.35. The first-order chi connectivity index (χ1) is 16.7. The number of nitrogens with zero attached hydrogens (tertiary/aromatic N) is 4. The van der Waals surface area contributed by atoms with Gasteiger partial charge in [0, 0.05) is 56.6 Å². The second kappa shape index (κ2) is 10.3. The predicted molar refractivity (Wildman–Crippen MR) is 137 cm³/mol. The van der Waals surface area contributed by atoms with E-state index in [0.29, 0.717) is 0 Å². The van der Waals surface area contributed by atoms with Crippen LogP contribution in [0.5, 0.6) is 5.75 Å². The molecule has 1 aliphatic rings. The number of likely N-dealkylation sites (N-methyl/N-ethyl adjacent to an activating group) is 1. The number of benzene rings is 3. The molecule has 0 unspecified atom stereocenters. The third-order valence-corrected chi connectivity index (χ3v) is 6.66. The van der Waals surface area contributed by atoms with E-state index in [2.05, 4.69) is 87.6 Å². The van der Waals surface area contributed by atoms with Crippen molar-refractivity contribution in [1.82, 2.24) is 15.0 Å². The average molecular weight is 457 g/mol. The fourth-order valence-corrected chi connectivity index (χ4v) is 4.64. The molecule has 1 saturated heterocycles. The van der Waals surface area contributed by atoms with E-state index in [-0.39, 0.29) is 0 Å². The number of hydrogen-bond donors (Lipinski definition) is 0. The first kappa shape index (κ1) is 22.4. The summed E-state index contributed by atoms with van der Waals surface area (Å²) in [5.41, 5.74) is 3.28. The van der Waals surface area contributed by atoms with Crippen molar-refractivity contribution in [3.05, 3.63) is 78.6 Å². The zero-order valence-corrected chi connectivity index (χ0v) is 20.0. The highest BCUT2D eigenvalue weighted by Gasteiger charge is 2.18. The highest BCUT2D eigenvalue weighted by atomic mass is 16.5. The maximum absolute atomic E-state index is 5.69. The molecule has 1 aromatic heterocycles. The number of anilines is 1. The molecular formula is C28H32N4O2. The van der Waals surface area contributed by atoms with Gasteiger partial charge in [0.05, 0.1) is 13.7 Å². The molecule has 3 aromatic carbocycles. The van der Waals surface area contributed by atoms with Crippen molar-refractivity contribution in [3.8, 4) is 17.0 Å². The van der Waals surface area contributed by atoms with Crippen LogP contribution in [0, 0.1) is 0 Å². The first-order valence-electron chi connectivity index (χ1n) is 11.9. The minimum Gasteiger partial charge on any atom is -0.497 e.